The van der Waals surface area contributed by atoms with Crippen LogP contribution in [0.15, 0.2) is 48.5 Å². The summed E-state index contributed by atoms with van der Waals surface area (Å²) >= 11 is 0. The van der Waals surface area contributed by atoms with E-state index in [2.05, 4.69) is 10.6 Å². The summed E-state index contributed by atoms with van der Waals surface area (Å²) in [6.07, 6.45) is 1.44. The molecule has 2 aromatic rings. The van der Waals surface area contributed by atoms with E-state index in [4.69, 9.17) is 0 Å². The molecule has 1 saturated carbocycles. The fourth-order valence-corrected chi connectivity index (χ4v) is 3.06. The Morgan fingerprint density at radius 3 is 2.44 bits per heavy atom. The quantitative estimate of drug-likeness (QED) is 0.851. The summed E-state index contributed by atoms with van der Waals surface area (Å²) in [5.74, 6) is -0.481. The van der Waals surface area contributed by atoms with Gasteiger partial charge in [0, 0.05) is 12.2 Å². The Bertz CT molecular complexity index is 771. The van der Waals surface area contributed by atoms with Gasteiger partial charge in [-0.1, -0.05) is 48.0 Å². The van der Waals surface area contributed by atoms with Crippen LogP contribution in [0.1, 0.15) is 23.1 Å². The Morgan fingerprint density at radius 2 is 1.72 bits per heavy atom. The Labute approximate surface area is 148 Å². The number of amides is 2. The molecule has 3 rings (SSSR count). The minimum Gasteiger partial charge on any atom is -0.356 e. The molecule has 0 bridgehead atoms. The third-order valence-electron chi connectivity index (χ3n) is 4.66. The van der Waals surface area contributed by atoms with Crippen LogP contribution >= 0.6 is 0 Å². The van der Waals surface area contributed by atoms with Crippen LogP contribution in [0, 0.1) is 25.7 Å². The maximum Gasteiger partial charge on any atom is 0.228 e. The fourth-order valence-electron chi connectivity index (χ4n) is 3.06. The third kappa shape index (κ3) is 4.47. The normalized spacial score (nSPS) is 18.5. The molecule has 25 heavy (non-hydrogen) atoms. The Morgan fingerprint density at radius 1 is 1.00 bits per heavy atom. The topological polar surface area (TPSA) is 58.2 Å². The summed E-state index contributed by atoms with van der Waals surface area (Å²) in [5, 5.41) is 5.89. The van der Waals surface area contributed by atoms with Crippen LogP contribution in [0.5, 0.6) is 0 Å². The van der Waals surface area contributed by atoms with Crippen molar-refractivity contribution in [3.05, 3.63) is 65.2 Å². The molecule has 2 amide bonds. The van der Waals surface area contributed by atoms with E-state index in [1.807, 2.05) is 62.4 Å². The molecule has 0 radical (unpaired) electrons. The first-order chi connectivity index (χ1) is 12.0. The molecule has 2 N–H and O–H groups in total. The highest BCUT2D eigenvalue weighted by atomic mass is 16.2. The molecule has 1 aliphatic carbocycles. The molecule has 0 aromatic heterocycles. The number of hydrogen-bond donors (Lipinski definition) is 2. The zero-order valence-corrected chi connectivity index (χ0v) is 14.7. The maximum absolute atomic E-state index is 12.3. The van der Waals surface area contributed by atoms with E-state index in [-0.39, 0.29) is 23.7 Å². The lowest BCUT2D eigenvalue weighted by atomic mass is 10.1. The first-order valence-electron chi connectivity index (χ1n) is 8.74. The molecule has 0 spiro atoms. The lowest BCUT2D eigenvalue weighted by Crippen LogP contribution is -2.29. The van der Waals surface area contributed by atoms with Crippen molar-refractivity contribution in [1.82, 2.24) is 5.32 Å². The van der Waals surface area contributed by atoms with Gasteiger partial charge in [0.25, 0.3) is 0 Å². The molecule has 0 saturated heterocycles. The molecular formula is C21H24N2O2. The molecule has 1 fully saturated rings. The van der Waals surface area contributed by atoms with E-state index in [0.29, 0.717) is 13.0 Å². The van der Waals surface area contributed by atoms with E-state index < -0.39 is 0 Å². The number of carbonyl (C=O) groups excluding carboxylic acids is 2. The number of aryl methyl sites for hydroxylation is 2. The van der Waals surface area contributed by atoms with Crippen LogP contribution in [-0.4, -0.2) is 18.4 Å². The number of benzene rings is 2. The molecule has 0 aliphatic heterocycles. The van der Waals surface area contributed by atoms with Gasteiger partial charge >= 0.3 is 0 Å². The standard InChI is InChI=1S/C21H24N2O2/c1-14-8-9-19(15(2)12-14)23-21(25)18-13-17(18)20(24)22-11-10-16-6-4-3-5-7-16/h3-9,12,17-18H,10-11,13H2,1-2H3,(H,22,24)(H,23,25). The summed E-state index contributed by atoms with van der Waals surface area (Å²) in [7, 11) is 0. The molecule has 130 valence electrons. The van der Waals surface area contributed by atoms with Gasteiger partial charge in [0.05, 0.1) is 11.8 Å². The lowest BCUT2D eigenvalue weighted by Gasteiger charge is -2.09. The van der Waals surface area contributed by atoms with Gasteiger partial charge in [-0.15, -0.1) is 0 Å². The molecule has 4 heteroatoms. The van der Waals surface area contributed by atoms with Crippen LogP contribution in [0.25, 0.3) is 0 Å². The Hall–Kier alpha value is -2.62. The van der Waals surface area contributed by atoms with Crippen molar-refractivity contribution >= 4 is 17.5 Å². The summed E-state index contributed by atoms with van der Waals surface area (Å²) in [6, 6.07) is 16.0. The zero-order valence-electron chi connectivity index (χ0n) is 14.7. The van der Waals surface area contributed by atoms with Crippen LogP contribution in [-0.2, 0) is 16.0 Å². The minimum absolute atomic E-state index is 0.0169. The average molecular weight is 336 g/mol. The lowest BCUT2D eigenvalue weighted by molar-refractivity contribution is -0.125. The van der Waals surface area contributed by atoms with Crippen molar-refractivity contribution in [2.24, 2.45) is 11.8 Å². The maximum atomic E-state index is 12.3. The monoisotopic (exact) mass is 336 g/mol. The third-order valence-corrected chi connectivity index (χ3v) is 4.66. The van der Waals surface area contributed by atoms with Gasteiger partial charge in [0.2, 0.25) is 11.8 Å². The molecule has 2 atom stereocenters. The molecule has 2 unspecified atom stereocenters. The van der Waals surface area contributed by atoms with Crippen LogP contribution < -0.4 is 10.6 Å². The van der Waals surface area contributed by atoms with Gasteiger partial charge in [-0.2, -0.15) is 0 Å². The number of carbonyl (C=O) groups is 2. The van der Waals surface area contributed by atoms with Crippen LogP contribution in [0.2, 0.25) is 0 Å². The van der Waals surface area contributed by atoms with Crippen LogP contribution in [0.4, 0.5) is 5.69 Å². The molecule has 1 aliphatic rings. The van der Waals surface area contributed by atoms with E-state index in [0.717, 1.165) is 23.2 Å². The summed E-state index contributed by atoms with van der Waals surface area (Å²) in [4.78, 5) is 24.5. The highest BCUT2D eigenvalue weighted by Gasteiger charge is 2.47. The van der Waals surface area contributed by atoms with Crippen molar-refractivity contribution in [3.8, 4) is 0 Å². The number of hydrogen-bond acceptors (Lipinski definition) is 2. The Kier molecular flexibility index (Phi) is 5.17. The first-order valence-corrected chi connectivity index (χ1v) is 8.74. The second-order valence-electron chi connectivity index (χ2n) is 6.78. The number of rotatable bonds is 6. The van der Waals surface area contributed by atoms with Gasteiger partial charge in [0.15, 0.2) is 0 Å². The summed E-state index contributed by atoms with van der Waals surface area (Å²) < 4.78 is 0. The van der Waals surface area contributed by atoms with E-state index in [1.165, 1.54) is 5.56 Å². The van der Waals surface area contributed by atoms with Crippen molar-refractivity contribution < 1.29 is 9.59 Å². The van der Waals surface area contributed by atoms with Crippen molar-refractivity contribution in [1.29, 1.82) is 0 Å². The van der Waals surface area contributed by atoms with Gasteiger partial charge in [-0.05, 0) is 43.9 Å². The molecule has 0 heterocycles. The van der Waals surface area contributed by atoms with Crippen molar-refractivity contribution in [3.63, 3.8) is 0 Å². The van der Waals surface area contributed by atoms with Crippen LogP contribution in [0.3, 0.4) is 0 Å². The predicted octanol–water partition coefficient (Wildman–Crippen LogP) is 3.24. The summed E-state index contributed by atoms with van der Waals surface area (Å²) in [6.45, 7) is 4.60. The molecular weight excluding hydrogens is 312 g/mol. The zero-order chi connectivity index (χ0) is 17.8. The average Bonchev–Trinajstić information content (AvgIpc) is 3.39. The SMILES string of the molecule is Cc1ccc(NC(=O)C2CC2C(=O)NCCc2ccccc2)c(C)c1. The highest BCUT2D eigenvalue weighted by molar-refractivity contribution is 5.99. The number of nitrogens with one attached hydrogen (secondary N) is 2. The second kappa shape index (κ2) is 7.51. The predicted molar refractivity (Wildman–Crippen MR) is 99.3 cm³/mol. The fraction of sp³-hybridized carbons (Fsp3) is 0.333. The van der Waals surface area contributed by atoms with Gasteiger partial charge in [0.1, 0.15) is 0 Å². The van der Waals surface area contributed by atoms with Gasteiger partial charge in [-0.3, -0.25) is 9.59 Å². The van der Waals surface area contributed by atoms with E-state index in [1.54, 1.807) is 0 Å². The molecule has 4 nitrogen and oxygen atoms in total. The van der Waals surface area contributed by atoms with Crippen molar-refractivity contribution in [2.45, 2.75) is 26.7 Å². The first kappa shape index (κ1) is 17.2. The van der Waals surface area contributed by atoms with Gasteiger partial charge in [-0.25, -0.2) is 0 Å². The van der Waals surface area contributed by atoms with E-state index in [9.17, 15) is 9.59 Å². The Balaban J connectivity index is 1.45. The smallest absolute Gasteiger partial charge is 0.228 e. The molecule has 2 aromatic carbocycles. The largest absolute Gasteiger partial charge is 0.356 e. The second-order valence-corrected chi connectivity index (χ2v) is 6.78. The van der Waals surface area contributed by atoms with Gasteiger partial charge < -0.3 is 10.6 Å². The van der Waals surface area contributed by atoms with E-state index >= 15 is 0 Å². The minimum atomic E-state index is -0.211. The number of anilines is 1. The highest BCUT2D eigenvalue weighted by Crippen LogP contribution is 2.39. The van der Waals surface area contributed by atoms with Crippen molar-refractivity contribution in [2.75, 3.05) is 11.9 Å². The summed E-state index contributed by atoms with van der Waals surface area (Å²) in [5.41, 5.74) is 4.23.